The molecule has 4 aromatic rings. The minimum atomic E-state index is -0.176. The Balaban J connectivity index is 1.53. The maximum Gasteiger partial charge on any atom is 0.251 e. The van der Waals surface area contributed by atoms with Crippen molar-refractivity contribution in [2.45, 2.75) is 19.9 Å². The summed E-state index contributed by atoms with van der Waals surface area (Å²) in [5.74, 6) is 0.388. The van der Waals surface area contributed by atoms with Gasteiger partial charge in [0.2, 0.25) is 5.91 Å². The van der Waals surface area contributed by atoms with Crippen LogP contribution in [0.5, 0.6) is 0 Å². The van der Waals surface area contributed by atoms with E-state index in [1.54, 1.807) is 4.68 Å². The number of aromatic nitrogens is 4. The molecule has 164 valence electrons. The molecule has 7 heteroatoms. The molecule has 2 heterocycles. The van der Waals surface area contributed by atoms with Crippen molar-refractivity contribution in [3.05, 3.63) is 107 Å². The Morgan fingerprint density at radius 1 is 0.939 bits per heavy atom. The summed E-state index contributed by atoms with van der Waals surface area (Å²) >= 11 is 0. The molecular weight excluding hydrogens is 412 g/mol. The molecule has 1 N–H and O–H groups in total. The van der Waals surface area contributed by atoms with Gasteiger partial charge in [0.25, 0.3) is 5.95 Å². The second kappa shape index (κ2) is 8.70. The number of hydrogen-bond acceptors (Lipinski definition) is 5. The lowest BCUT2D eigenvalue weighted by atomic mass is 10.0. The van der Waals surface area contributed by atoms with E-state index >= 15 is 0 Å². The summed E-state index contributed by atoms with van der Waals surface area (Å²) in [5, 5.41) is 15.5. The summed E-state index contributed by atoms with van der Waals surface area (Å²) in [4.78, 5) is 15.0. The van der Waals surface area contributed by atoms with E-state index in [2.05, 4.69) is 39.1 Å². The first-order valence-corrected chi connectivity index (χ1v) is 10.9. The first kappa shape index (κ1) is 20.6. The Hall–Kier alpha value is -4.26. The number of benzene rings is 3. The highest BCUT2D eigenvalue weighted by atomic mass is 16.2. The molecule has 1 aliphatic rings. The zero-order chi connectivity index (χ0) is 22.8. The van der Waals surface area contributed by atoms with Crippen molar-refractivity contribution in [2.24, 2.45) is 0 Å². The van der Waals surface area contributed by atoms with Crippen LogP contribution in [-0.2, 0) is 4.79 Å². The van der Waals surface area contributed by atoms with E-state index in [1.807, 2.05) is 85.5 Å². The van der Waals surface area contributed by atoms with Gasteiger partial charge in [-0.25, -0.2) is 0 Å². The number of carbonyl (C=O) groups excluding carboxylic acids is 1. The molecule has 0 bridgehead atoms. The lowest BCUT2D eigenvalue weighted by Crippen LogP contribution is -2.37. The van der Waals surface area contributed by atoms with Gasteiger partial charge >= 0.3 is 0 Å². The topological polar surface area (TPSA) is 75.9 Å². The van der Waals surface area contributed by atoms with Crippen LogP contribution in [-0.4, -0.2) is 32.7 Å². The number of nitrogens with zero attached hydrogens (tertiary/aromatic N) is 5. The maximum absolute atomic E-state index is 13.1. The quantitative estimate of drug-likeness (QED) is 0.503. The molecule has 1 amide bonds. The monoisotopic (exact) mass is 436 g/mol. The van der Waals surface area contributed by atoms with Crippen LogP contribution in [0.3, 0.4) is 0 Å². The molecule has 0 unspecified atom stereocenters. The molecule has 1 atom stereocenters. The van der Waals surface area contributed by atoms with E-state index < -0.39 is 0 Å². The molecule has 33 heavy (non-hydrogen) atoms. The Kier molecular flexibility index (Phi) is 5.44. The Labute approximate surface area is 192 Å². The van der Waals surface area contributed by atoms with Crippen LogP contribution in [0.4, 0.5) is 11.6 Å². The van der Waals surface area contributed by atoms with Gasteiger partial charge < -0.3 is 5.32 Å². The molecule has 0 fully saturated rings. The highest BCUT2D eigenvalue weighted by molar-refractivity contribution is 5.97. The van der Waals surface area contributed by atoms with E-state index in [9.17, 15) is 4.79 Å². The molecule has 0 aliphatic carbocycles. The lowest BCUT2D eigenvalue weighted by Gasteiger charge is -2.32. The van der Waals surface area contributed by atoms with Gasteiger partial charge in [-0.2, -0.15) is 4.68 Å². The number of allylic oxidation sites excluding steroid dienone is 1. The molecular formula is C26H24N6O. The highest BCUT2D eigenvalue weighted by Crippen LogP contribution is 2.36. The van der Waals surface area contributed by atoms with Crippen LogP contribution in [0, 0.1) is 13.8 Å². The molecule has 0 spiro atoms. The largest absolute Gasteiger partial charge is 0.324 e. The second-order valence-electron chi connectivity index (χ2n) is 8.08. The number of fused-ring (bicyclic) bond motifs is 1. The van der Waals surface area contributed by atoms with Gasteiger partial charge in [0, 0.05) is 5.69 Å². The number of hydrogen-bond donors (Lipinski definition) is 1. The van der Waals surface area contributed by atoms with Crippen LogP contribution in [0.15, 0.2) is 84.9 Å². The number of tetrazole rings is 1. The zero-order valence-corrected chi connectivity index (χ0v) is 18.5. The Morgan fingerprint density at radius 3 is 2.42 bits per heavy atom. The highest BCUT2D eigenvalue weighted by Gasteiger charge is 2.31. The first-order chi connectivity index (χ1) is 16.1. The lowest BCUT2D eigenvalue weighted by molar-refractivity contribution is -0.114. The fourth-order valence-corrected chi connectivity index (χ4v) is 4.09. The van der Waals surface area contributed by atoms with Crippen molar-refractivity contribution in [2.75, 3.05) is 16.8 Å². The average Bonchev–Trinajstić information content (AvgIpc) is 3.33. The molecule has 0 saturated heterocycles. The predicted octanol–water partition coefficient (Wildman–Crippen LogP) is 4.38. The second-order valence-corrected chi connectivity index (χ2v) is 8.08. The van der Waals surface area contributed by atoms with Gasteiger partial charge in [0.15, 0.2) is 0 Å². The van der Waals surface area contributed by atoms with E-state index in [0.717, 1.165) is 33.6 Å². The van der Waals surface area contributed by atoms with Gasteiger partial charge in [-0.15, -0.1) is 0 Å². The minimum Gasteiger partial charge on any atom is -0.324 e. The molecule has 7 nitrogen and oxygen atoms in total. The fraction of sp³-hybridized carbons (Fsp3) is 0.154. The zero-order valence-electron chi connectivity index (χ0n) is 18.5. The van der Waals surface area contributed by atoms with Crippen molar-refractivity contribution >= 4 is 23.2 Å². The van der Waals surface area contributed by atoms with Crippen molar-refractivity contribution in [3.8, 4) is 0 Å². The predicted molar refractivity (Wildman–Crippen MR) is 129 cm³/mol. The number of rotatable bonds is 5. The fourth-order valence-electron chi connectivity index (χ4n) is 4.09. The third-order valence-corrected chi connectivity index (χ3v) is 5.98. The SMILES string of the molecule is Cc1cccc(NC(=O)CN2C(c3ccccc3)=C[C@@H](c3ccccc3)n3nnnc32)c1C. The number of aryl methyl sites for hydroxylation is 1. The summed E-state index contributed by atoms with van der Waals surface area (Å²) < 4.78 is 1.76. The van der Waals surface area contributed by atoms with Crippen LogP contribution >= 0.6 is 0 Å². The number of carbonyl (C=O) groups is 1. The Bertz CT molecular complexity index is 1310. The van der Waals surface area contributed by atoms with Crippen LogP contribution < -0.4 is 10.2 Å². The molecule has 0 saturated carbocycles. The molecule has 3 aromatic carbocycles. The standard InChI is InChI=1S/C26H24N6O/c1-18-10-9-15-22(19(18)2)27-25(33)17-31-23(20-11-5-3-6-12-20)16-24(21-13-7-4-8-14-21)32-26(31)28-29-30-32/h3-16,24H,17H2,1-2H3,(H,27,33)/t24-/m0/s1. The number of anilines is 2. The normalized spacial score (nSPS) is 15.0. The average molecular weight is 437 g/mol. The summed E-state index contributed by atoms with van der Waals surface area (Å²) in [6.45, 7) is 4.12. The van der Waals surface area contributed by atoms with E-state index in [1.165, 1.54) is 0 Å². The van der Waals surface area contributed by atoms with Gasteiger partial charge in [0.05, 0.1) is 5.70 Å². The van der Waals surface area contributed by atoms with E-state index in [-0.39, 0.29) is 18.5 Å². The van der Waals surface area contributed by atoms with Crippen molar-refractivity contribution in [3.63, 3.8) is 0 Å². The number of nitrogens with one attached hydrogen (secondary N) is 1. The van der Waals surface area contributed by atoms with Crippen LogP contribution in [0.1, 0.15) is 28.3 Å². The van der Waals surface area contributed by atoms with Crippen molar-refractivity contribution in [1.82, 2.24) is 20.2 Å². The van der Waals surface area contributed by atoms with E-state index in [4.69, 9.17) is 0 Å². The van der Waals surface area contributed by atoms with Crippen molar-refractivity contribution < 1.29 is 4.79 Å². The number of amides is 1. The third kappa shape index (κ3) is 4.01. The van der Waals surface area contributed by atoms with Gasteiger partial charge in [-0.1, -0.05) is 77.9 Å². The summed E-state index contributed by atoms with van der Waals surface area (Å²) in [6.07, 6.45) is 2.11. The molecule has 5 rings (SSSR count). The van der Waals surface area contributed by atoms with Gasteiger partial charge in [0.1, 0.15) is 12.6 Å². The maximum atomic E-state index is 13.1. The Morgan fingerprint density at radius 2 is 1.67 bits per heavy atom. The smallest absolute Gasteiger partial charge is 0.251 e. The molecule has 1 aliphatic heterocycles. The van der Waals surface area contributed by atoms with Crippen LogP contribution in [0.2, 0.25) is 0 Å². The summed E-state index contributed by atoms with van der Waals surface area (Å²) in [7, 11) is 0. The van der Waals surface area contributed by atoms with Crippen molar-refractivity contribution in [1.29, 1.82) is 0 Å². The van der Waals surface area contributed by atoms with Gasteiger partial charge in [-0.05, 0) is 58.7 Å². The van der Waals surface area contributed by atoms with Crippen LogP contribution in [0.25, 0.3) is 5.70 Å². The van der Waals surface area contributed by atoms with E-state index in [0.29, 0.717) is 5.95 Å². The molecule has 0 radical (unpaired) electrons. The first-order valence-electron chi connectivity index (χ1n) is 10.9. The summed E-state index contributed by atoms with van der Waals surface area (Å²) in [5.41, 5.74) is 5.95. The summed E-state index contributed by atoms with van der Waals surface area (Å²) in [6, 6.07) is 25.8. The van der Waals surface area contributed by atoms with Gasteiger partial charge in [-0.3, -0.25) is 9.69 Å². The minimum absolute atomic E-state index is 0.0794. The third-order valence-electron chi connectivity index (χ3n) is 5.98. The molecule has 1 aromatic heterocycles.